The molecule has 0 fully saturated rings. The summed E-state index contributed by atoms with van der Waals surface area (Å²) in [4.78, 5) is 0. The molecule has 0 saturated carbocycles. The molecule has 3 nitrogen and oxygen atoms in total. The molecule has 84 valence electrons. The van der Waals surface area contributed by atoms with Crippen LogP contribution in [0.3, 0.4) is 0 Å². The number of aryl methyl sites for hydroxylation is 2. The van der Waals surface area contributed by atoms with Gasteiger partial charge in [-0.15, -0.1) is 6.58 Å². The average Bonchev–Trinajstić information content (AvgIpc) is 2.56. The number of nitrogens with two attached hydrogens (primary N) is 1. The van der Waals surface area contributed by atoms with Crippen molar-refractivity contribution in [3.05, 3.63) is 29.6 Å². The normalized spacial score (nSPS) is 12.8. The summed E-state index contributed by atoms with van der Waals surface area (Å²) in [5.41, 5.74) is 9.63. The zero-order valence-electron chi connectivity index (χ0n) is 9.95. The van der Waals surface area contributed by atoms with E-state index in [9.17, 15) is 0 Å². The van der Waals surface area contributed by atoms with Gasteiger partial charge in [0.25, 0.3) is 0 Å². The molecular formula is C12H21N3. The van der Waals surface area contributed by atoms with E-state index in [1.54, 1.807) is 0 Å². The highest BCUT2D eigenvalue weighted by atomic mass is 15.3. The molecule has 0 radical (unpaired) electrons. The molecule has 1 atom stereocenters. The first kappa shape index (κ1) is 12.0. The molecule has 2 N–H and O–H groups in total. The largest absolute Gasteiger partial charge is 0.324 e. The van der Waals surface area contributed by atoms with Crippen LogP contribution >= 0.6 is 0 Å². The Balaban J connectivity index is 2.71. The van der Waals surface area contributed by atoms with Crippen LogP contribution < -0.4 is 5.73 Å². The second-order valence-electron chi connectivity index (χ2n) is 4.16. The lowest BCUT2D eigenvalue weighted by molar-refractivity contribution is 0.643. The van der Waals surface area contributed by atoms with Crippen LogP contribution in [0.5, 0.6) is 0 Å². The average molecular weight is 207 g/mol. The molecule has 3 heteroatoms. The van der Waals surface area contributed by atoms with Crippen molar-refractivity contribution >= 4 is 0 Å². The molecule has 1 heterocycles. The van der Waals surface area contributed by atoms with Crippen LogP contribution in [0.1, 0.15) is 44.0 Å². The number of hydrogen-bond donors (Lipinski definition) is 1. The van der Waals surface area contributed by atoms with E-state index >= 15 is 0 Å². The van der Waals surface area contributed by atoms with E-state index < -0.39 is 0 Å². The predicted octanol–water partition coefficient (Wildman–Crippen LogP) is 2.34. The monoisotopic (exact) mass is 207 g/mol. The fraction of sp³-hybridized carbons (Fsp3) is 0.583. The Morgan fingerprint density at radius 1 is 1.67 bits per heavy atom. The van der Waals surface area contributed by atoms with Crippen LogP contribution in [0.4, 0.5) is 0 Å². The Hall–Kier alpha value is -1.09. The minimum absolute atomic E-state index is 0.0883. The van der Waals surface area contributed by atoms with Crippen LogP contribution in [-0.4, -0.2) is 9.78 Å². The van der Waals surface area contributed by atoms with Crippen molar-refractivity contribution in [2.45, 2.75) is 39.2 Å². The van der Waals surface area contributed by atoms with Gasteiger partial charge in [0.2, 0.25) is 0 Å². The highest BCUT2D eigenvalue weighted by Gasteiger charge is 2.13. The third kappa shape index (κ3) is 3.20. The van der Waals surface area contributed by atoms with Gasteiger partial charge < -0.3 is 5.73 Å². The van der Waals surface area contributed by atoms with Crippen LogP contribution in [0, 0.1) is 0 Å². The number of allylic oxidation sites excluding steroid dienone is 1. The second-order valence-corrected chi connectivity index (χ2v) is 4.16. The van der Waals surface area contributed by atoms with E-state index in [0.717, 1.165) is 25.0 Å². The smallest absolute Gasteiger partial charge is 0.0669 e. The lowest BCUT2D eigenvalue weighted by Gasteiger charge is -2.10. The van der Waals surface area contributed by atoms with Crippen molar-refractivity contribution in [1.82, 2.24) is 9.78 Å². The first-order valence-corrected chi connectivity index (χ1v) is 5.47. The quantitative estimate of drug-likeness (QED) is 0.753. The third-order valence-electron chi connectivity index (χ3n) is 2.55. The van der Waals surface area contributed by atoms with Crippen molar-refractivity contribution in [1.29, 1.82) is 0 Å². The minimum Gasteiger partial charge on any atom is -0.324 e. The molecule has 1 unspecified atom stereocenters. The highest BCUT2D eigenvalue weighted by molar-refractivity contribution is 5.21. The number of rotatable bonds is 5. The lowest BCUT2D eigenvalue weighted by atomic mass is 10.0. The molecule has 0 aliphatic carbocycles. The number of hydrogen-bond acceptors (Lipinski definition) is 2. The fourth-order valence-corrected chi connectivity index (χ4v) is 1.69. The van der Waals surface area contributed by atoms with Crippen LogP contribution in [0.25, 0.3) is 0 Å². The van der Waals surface area contributed by atoms with Gasteiger partial charge in [-0.3, -0.25) is 4.68 Å². The molecule has 0 aromatic carbocycles. The molecule has 15 heavy (non-hydrogen) atoms. The van der Waals surface area contributed by atoms with Crippen molar-refractivity contribution < 1.29 is 0 Å². The summed E-state index contributed by atoms with van der Waals surface area (Å²) in [6, 6.07) is 0.0883. The first-order valence-electron chi connectivity index (χ1n) is 5.47. The summed E-state index contributed by atoms with van der Waals surface area (Å²) >= 11 is 0. The summed E-state index contributed by atoms with van der Waals surface area (Å²) < 4.78 is 1.84. The third-order valence-corrected chi connectivity index (χ3v) is 2.55. The predicted molar refractivity (Wildman–Crippen MR) is 63.6 cm³/mol. The SMILES string of the molecule is C=C(C)CCC(N)c1cn(C)nc1CC. The standard InChI is InChI=1S/C12H21N3/c1-5-12-10(8-15(4)14-12)11(13)7-6-9(2)3/h8,11H,2,5-7,13H2,1,3-4H3. The van der Waals surface area contributed by atoms with E-state index in [0.29, 0.717) is 0 Å². The van der Waals surface area contributed by atoms with Gasteiger partial charge in [-0.25, -0.2) is 0 Å². The van der Waals surface area contributed by atoms with E-state index in [4.69, 9.17) is 5.73 Å². The van der Waals surface area contributed by atoms with Crippen LogP contribution in [0.2, 0.25) is 0 Å². The maximum atomic E-state index is 6.14. The summed E-state index contributed by atoms with van der Waals surface area (Å²) in [6.45, 7) is 8.04. The van der Waals surface area contributed by atoms with Gasteiger partial charge in [0.05, 0.1) is 5.69 Å². The van der Waals surface area contributed by atoms with Gasteiger partial charge in [-0.2, -0.15) is 5.10 Å². The Morgan fingerprint density at radius 2 is 2.33 bits per heavy atom. The highest BCUT2D eigenvalue weighted by Crippen LogP contribution is 2.21. The van der Waals surface area contributed by atoms with E-state index in [-0.39, 0.29) is 6.04 Å². The molecule has 1 aromatic rings. The summed E-state index contributed by atoms with van der Waals surface area (Å²) in [7, 11) is 1.94. The molecule has 0 bridgehead atoms. The molecule has 1 aromatic heterocycles. The van der Waals surface area contributed by atoms with Crippen LogP contribution in [-0.2, 0) is 13.5 Å². The zero-order valence-corrected chi connectivity index (χ0v) is 9.95. The van der Waals surface area contributed by atoms with Gasteiger partial charge in [0.15, 0.2) is 0 Å². The summed E-state index contributed by atoms with van der Waals surface area (Å²) in [5.74, 6) is 0. The fourth-order valence-electron chi connectivity index (χ4n) is 1.69. The van der Waals surface area contributed by atoms with E-state index in [2.05, 4.69) is 18.6 Å². The molecule has 1 rings (SSSR count). The Labute approximate surface area is 92.0 Å². The second kappa shape index (κ2) is 5.12. The Bertz CT molecular complexity index is 339. The first-order chi connectivity index (χ1) is 7.04. The van der Waals surface area contributed by atoms with E-state index in [1.807, 2.05) is 24.9 Å². The minimum atomic E-state index is 0.0883. The van der Waals surface area contributed by atoms with Gasteiger partial charge >= 0.3 is 0 Å². The van der Waals surface area contributed by atoms with Crippen molar-refractivity contribution in [2.24, 2.45) is 12.8 Å². The topological polar surface area (TPSA) is 43.8 Å². The summed E-state index contributed by atoms with van der Waals surface area (Å²) in [5, 5.41) is 4.39. The Morgan fingerprint density at radius 3 is 2.87 bits per heavy atom. The van der Waals surface area contributed by atoms with Gasteiger partial charge in [0, 0.05) is 24.8 Å². The van der Waals surface area contributed by atoms with E-state index in [1.165, 1.54) is 11.1 Å². The molecule has 0 aliphatic heterocycles. The number of nitrogens with zero attached hydrogens (tertiary/aromatic N) is 2. The Kier molecular flexibility index (Phi) is 4.09. The van der Waals surface area contributed by atoms with Crippen molar-refractivity contribution in [3.63, 3.8) is 0 Å². The lowest BCUT2D eigenvalue weighted by Crippen LogP contribution is -2.11. The van der Waals surface area contributed by atoms with Gasteiger partial charge in [-0.05, 0) is 26.2 Å². The molecule has 0 amide bonds. The molecule has 0 aliphatic rings. The van der Waals surface area contributed by atoms with Gasteiger partial charge in [0.1, 0.15) is 0 Å². The van der Waals surface area contributed by atoms with Gasteiger partial charge in [-0.1, -0.05) is 12.5 Å². The van der Waals surface area contributed by atoms with Crippen molar-refractivity contribution in [3.8, 4) is 0 Å². The maximum Gasteiger partial charge on any atom is 0.0669 e. The number of aromatic nitrogens is 2. The van der Waals surface area contributed by atoms with Crippen LogP contribution in [0.15, 0.2) is 18.3 Å². The molecule has 0 spiro atoms. The molecular weight excluding hydrogens is 186 g/mol. The maximum absolute atomic E-state index is 6.14. The summed E-state index contributed by atoms with van der Waals surface area (Å²) in [6.07, 6.45) is 4.91. The zero-order chi connectivity index (χ0) is 11.4. The van der Waals surface area contributed by atoms with Crippen molar-refractivity contribution in [2.75, 3.05) is 0 Å². The molecule has 0 saturated heterocycles.